The van der Waals surface area contributed by atoms with Crippen LogP contribution in [0, 0.1) is 11.7 Å². The number of amides is 2. The van der Waals surface area contributed by atoms with E-state index in [0.29, 0.717) is 12.1 Å². The number of hydrogen-bond acceptors (Lipinski definition) is 5. The lowest BCUT2D eigenvalue weighted by Gasteiger charge is -2.28. The van der Waals surface area contributed by atoms with Crippen molar-refractivity contribution in [1.82, 2.24) is 4.90 Å². The maximum absolute atomic E-state index is 13.4. The minimum Gasteiger partial charge on any atom is -0.447 e. The first-order valence-electron chi connectivity index (χ1n) is 9.27. The van der Waals surface area contributed by atoms with Crippen molar-refractivity contribution in [3.05, 3.63) is 66.0 Å². The Bertz CT molecular complexity index is 914. The van der Waals surface area contributed by atoms with Crippen molar-refractivity contribution in [3.8, 4) is 0 Å². The number of halogens is 1. The number of carbonyl (C=O) groups is 2. The lowest BCUT2D eigenvalue weighted by atomic mass is 9.88. The number of rotatable bonds is 4. The fraction of sp³-hybridized carbons (Fsp3) is 0.286. The smallest absolute Gasteiger partial charge is 0.416 e. The molecule has 2 heterocycles. The first-order chi connectivity index (χ1) is 13.6. The Balaban J connectivity index is 1.77. The van der Waals surface area contributed by atoms with Gasteiger partial charge >= 0.3 is 6.09 Å². The molecule has 0 spiro atoms. The number of carbonyl (C=O) groups excluding carboxylic acids is 2. The van der Waals surface area contributed by atoms with E-state index in [1.807, 2.05) is 37.3 Å². The summed E-state index contributed by atoms with van der Waals surface area (Å²) < 4.78 is 18.3. The highest BCUT2D eigenvalue weighted by Gasteiger charge is 2.46. The molecule has 144 valence electrons. The van der Waals surface area contributed by atoms with Crippen LogP contribution in [0.25, 0.3) is 0 Å². The Morgan fingerprint density at radius 1 is 1.18 bits per heavy atom. The summed E-state index contributed by atoms with van der Waals surface area (Å²) in [5.41, 5.74) is 2.22. The fourth-order valence-electron chi connectivity index (χ4n) is 3.71. The summed E-state index contributed by atoms with van der Waals surface area (Å²) in [7, 11) is 0. The predicted octanol–water partition coefficient (Wildman–Crippen LogP) is 3.42. The van der Waals surface area contributed by atoms with Gasteiger partial charge in [0.2, 0.25) is 0 Å². The molecule has 2 aliphatic heterocycles. The molecule has 2 aliphatic rings. The van der Waals surface area contributed by atoms with Gasteiger partial charge in [-0.25, -0.2) is 14.1 Å². The molecule has 0 aliphatic carbocycles. The van der Waals surface area contributed by atoms with E-state index in [1.165, 1.54) is 12.1 Å². The van der Waals surface area contributed by atoms with E-state index in [4.69, 9.17) is 9.84 Å². The van der Waals surface area contributed by atoms with Gasteiger partial charge < -0.3 is 4.74 Å². The standard InChI is InChI=1S/C21H20FN3O3/c1-2-17-18(14-8-10-15(22)11-9-14)23-25(16-6-4-3-5-7-16)19(17)20(26)24-12-13-28-21(24)27/h3-11,17,19H,2,12-13H2,1H3/t17-,19-/m1/s1. The summed E-state index contributed by atoms with van der Waals surface area (Å²) in [5, 5.41) is 6.40. The highest BCUT2D eigenvalue weighted by molar-refractivity contribution is 6.10. The minimum atomic E-state index is -0.668. The number of imide groups is 1. The Hall–Kier alpha value is -3.22. The van der Waals surface area contributed by atoms with Crippen molar-refractivity contribution in [2.45, 2.75) is 19.4 Å². The van der Waals surface area contributed by atoms with Crippen molar-refractivity contribution in [1.29, 1.82) is 0 Å². The Kier molecular flexibility index (Phi) is 4.81. The number of anilines is 1. The third-order valence-electron chi connectivity index (χ3n) is 5.09. The molecule has 2 amide bonds. The lowest BCUT2D eigenvalue weighted by molar-refractivity contribution is -0.129. The van der Waals surface area contributed by atoms with Crippen molar-refractivity contribution >= 4 is 23.4 Å². The summed E-state index contributed by atoms with van der Waals surface area (Å²) in [6.45, 7) is 2.41. The van der Waals surface area contributed by atoms with Crippen LogP contribution in [0.3, 0.4) is 0 Å². The molecule has 7 heteroatoms. The predicted molar refractivity (Wildman–Crippen MR) is 102 cm³/mol. The van der Waals surface area contributed by atoms with Crippen LogP contribution in [0.4, 0.5) is 14.9 Å². The van der Waals surface area contributed by atoms with Crippen LogP contribution in [0.2, 0.25) is 0 Å². The highest BCUT2D eigenvalue weighted by Crippen LogP contribution is 2.34. The zero-order chi connectivity index (χ0) is 19.7. The van der Waals surface area contributed by atoms with E-state index in [0.717, 1.165) is 16.2 Å². The molecule has 2 atom stereocenters. The number of nitrogens with zero attached hydrogens (tertiary/aromatic N) is 3. The van der Waals surface area contributed by atoms with Crippen LogP contribution in [0.15, 0.2) is 59.7 Å². The molecule has 6 nitrogen and oxygen atoms in total. The first-order valence-corrected chi connectivity index (χ1v) is 9.27. The number of hydrazone groups is 1. The van der Waals surface area contributed by atoms with Gasteiger partial charge in [-0.3, -0.25) is 9.80 Å². The van der Waals surface area contributed by atoms with E-state index in [1.54, 1.807) is 17.1 Å². The average Bonchev–Trinajstić information content (AvgIpc) is 3.32. The molecule has 2 aromatic carbocycles. The summed E-state index contributed by atoms with van der Waals surface area (Å²) in [5.74, 6) is -0.909. The van der Waals surface area contributed by atoms with E-state index in [2.05, 4.69) is 0 Å². The molecule has 1 fully saturated rings. The van der Waals surface area contributed by atoms with Crippen molar-refractivity contribution in [3.63, 3.8) is 0 Å². The summed E-state index contributed by atoms with van der Waals surface area (Å²) in [6, 6.07) is 14.8. The van der Waals surface area contributed by atoms with E-state index >= 15 is 0 Å². The number of benzene rings is 2. The van der Waals surface area contributed by atoms with Gasteiger partial charge in [-0.15, -0.1) is 0 Å². The van der Waals surface area contributed by atoms with Gasteiger partial charge in [0.25, 0.3) is 5.91 Å². The molecular formula is C21H20FN3O3. The van der Waals surface area contributed by atoms with Crippen LogP contribution >= 0.6 is 0 Å². The molecule has 0 N–H and O–H groups in total. The first kappa shape index (κ1) is 18.2. The van der Waals surface area contributed by atoms with Crippen molar-refractivity contribution < 1.29 is 18.7 Å². The SMILES string of the molecule is CC[C@@H]1C(c2ccc(F)cc2)=NN(c2ccccc2)[C@H]1C(=O)N1CCOC1=O. The molecular weight excluding hydrogens is 361 g/mol. The van der Waals surface area contributed by atoms with Gasteiger partial charge in [0.05, 0.1) is 17.9 Å². The Morgan fingerprint density at radius 2 is 1.89 bits per heavy atom. The minimum absolute atomic E-state index is 0.200. The summed E-state index contributed by atoms with van der Waals surface area (Å²) in [4.78, 5) is 26.4. The topological polar surface area (TPSA) is 62.2 Å². The van der Waals surface area contributed by atoms with Crippen LogP contribution in [-0.2, 0) is 9.53 Å². The van der Waals surface area contributed by atoms with Gasteiger partial charge in [0.1, 0.15) is 18.5 Å². The summed E-state index contributed by atoms with van der Waals surface area (Å²) in [6.07, 6.45) is 0.0156. The molecule has 0 unspecified atom stereocenters. The van der Waals surface area contributed by atoms with E-state index < -0.39 is 12.1 Å². The van der Waals surface area contributed by atoms with Gasteiger partial charge in [0, 0.05) is 5.92 Å². The van der Waals surface area contributed by atoms with Gasteiger partial charge in [-0.2, -0.15) is 5.10 Å². The number of para-hydroxylation sites is 1. The monoisotopic (exact) mass is 381 g/mol. The molecule has 2 aromatic rings. The second kappa shape index (κ2) is 7.42. The maximum atomic E-state index is 13.4. The second-order valence-corrected chi connectivity index (χ2v) is 6.74. The quantitative estimate of drug-likeness (QED) is 0.814. The maximum Gasteiger partial charge on any atom is 0.416 e. The van der Waals surface area contributed by atoms with E-state index in [9.17, 15) is 14.0 Å². The molecule has 1 saturated heterocycles. The third kappa shape index (κ3) is 3.13. The molecule has 28 heavy (non-hydrogen) atoms. The fourth-order valence-corrected chi connectivity index (χ4v) is 3.71. The average molecular weight is 381 g/mol. The molecule has 0 bridgehead atoms. The lowest BCUT2D eigenvalue weighted by Crippen LogP contribution is -2.49. The second-order valence-electron chi connectivity index (χ2n) is 6.74. The van der Waals surface area contributed by atoms with Crippen molar-refractivity contribution in [2.24, 2.45) is 11.0 Å². The number of hydrogen-bond donors (Lipinski definition) is 0. The zero-order valence-corrected chi connectivity index (χ0v) is 15.4. The summed E-state index contributed by atoms with van der Waals surface area (Å²) >= 11 is 0. The third-order valence-corrected chi connectivity index (χ3v) is 5.09. The van der Waals surface area contributed by atoms with Gasteiger partial charge in [0.15, 0.2) is 0 Å². The van der Waals surface area contributed by atoms with Gasteiger partial charge in [-0.05, 0) is 36.2 Å². The van der Waals surface area contributed by atoms with Crippen LogP contribution in [-0.4, -0.2) is 41.8 Å². The van der Waals surface area contributed by atoms with Crippen LogP contribution in [0.1, 0.15) is 18.9 Å². The van der Waals surface area contributed by atoms with Crippen LogP contribution in [0.5, 0.6) is 0 Å². The Labute approximate surface area is 162 Å². The highest BCUT2D eigenvalue weighted by atomic mass is 19.1. The largest absolute Gasteiger partial charge is 0.447 e. The number of ether oxygens (including phenoxy) is 1. The number of cyclic esters (lactones) is 1. The molecule has 0 saturated carbocycles. The Morgan fingerprint density at radius 3 is 2.50 bits per heavy atom. The zero-order valence-electron chi connectivity index (χ0n) is 15.4. The van der Waals surface area contributed by atoms with Crippen molar-refractivity contribution in [2.75, 3.05) is 18.2 Å². The normalized spacial score (nSPS) is 21.6. The molecule has 4 rings (SSSR count). The molecule has 0 radical (unpaired) electrons. The van der Waals surface area contributed by atoms with E-state index in [-0.39, 0.29) is 30.8 Å². The molecule has 0 aromatic heterocycles. The van der Waals surface area contributed by atoms with Crippen LogP contribution < -0.4 is 5.01 Å². The van der Waals surface area contributed by atoms with Gasteiger partial charge in [-0.1, -0.05) is 37.3 Å².